The minimum atomic E-state index is -0.299. The van der Waals surface area contributed by atoms with Gasteiger partial charge < -0.3 is 4.74 Å². The van der Waals surface area contributed by atoms with Crippen LogP contribution in [0.4, 0.5) is 0 Å². The molecule has 0 bridgehead atoms. The molecule has 1 N–H and O–H groups in total. The van der Waals surface area contributed by atoms with Crippen molar-refractivity contribution in [1.82, 2.24) is 5.43 Å². The summed E-state index contributed by atoms with van der Waals surface area (Å²) in [5.41, 5.74) is 3.57. The van der Waals surface area contributed by atoms with Crippen molar-refractivity contribution in [2.75, 3.05) is 6.61 Å². The van der Waals surface area contributed by atoms with Gasteiger partial charge in [0.05, 0.1) is 5.02 Å². The molecule has 4 nitrogen and oxygen atoms in total. The second-order valence-corrected chi connectivity index (χ2v) is 6.10. The summed E-state index contributed by atoms with van der Waals surface area (Å²) in [5.74, 6) is 0.873. The van der Waals surface area contributed by atoms with Gasteiger partial charge in [0.25, 0.3) is 5.91 Å². The first-order valence-electron chi connectivity index (χ1n) is 6.96. The van der Waals surface area contributed by atoms with Crippen LogP contribution in [-0.2, 0) is 4.79 Å². The number of amides is 1. The number of nitrogens with one attached hydrogen (secondary N) is 1. The van der Waals surface area contributed by atoms with Gasteiger partial charge in [-0.2, -0.15) is 5.10 Å². The van der Waals surface area contributed by atoms with Crippen molar-refractivity contribution >= 4 is 34.8 Å². The first-order chi connectivity index (χ1) is 10.0. The second kappa shape index (κ2) is 7.66. The van der Waals surface area contributed by atoms with Crippen LogP contribution < -0.4 is 10.2 Å². The molecule has 1 amide bonds. The van der Waals surface area contributed by atoms with Gasteiger partial charge in [-0.1, -0.05) is 30.1 Å². The summed E-state index contributed by atoms with van der Waals surface area (Å²) in [6.45, 7) is 2.10. The lowest BCUT2D eigenvalue weighted by atomic mass is 9.90. The van der Waals surface area contributed by atoms with E-state index >= 15 is 0 Å². The van der Waals surface area contributed by atoms with Gasteiger partial charge in [-0.25, -0.2) is 5.43 Å². The van der Waals surface area contributed by atoms with E-state index < -0.39 is 0 Å². The van der Waals surface area contributed by atoms with Gasteiger partial charge in [0.2, 0.25) is 0 Å². The van der Waals surface area contributed by atoms with Crippen LogP contribution in [0.1, 0.15) is 32.6 Å². The predicted molar refractivity (Wildman–Crippen MR) is 85.2 cm³/mol. The molecule has 0 aliphatic heterocycles. The molecule has 1 aromatic rings. The Morgan fingerprint density at radius 3 is 2.76 bits per heavy atom. The van der Waals surface area contributed by atoms with Crippen LogP contribution in [0.3, 0.4) is 0 Å². The average molecular weight is 329 g/mol. The molecular weight excluding hydrogens is 311 g/mol. The summed E-state index contributed by atoms with van der Waals surface area (Å²) in [6.07, 6.45) is 4.16. The van der Waals surface area contributed by atoms with Gasteiger partial charge in [-0.3, -0.25) is 4.79 Å². The van der Waals surface area contributed by atoms with E-state index in [9.17, 15) is 4.79 Å². The Bertz CT molecular complexity index is 536. The van der Waals surface area contributed by atoms with Gasteiger partial charge in [-0.15, -0.1) is 0 Å². The van der Waals surface area contributed by atoms with E-state index in [-0.39, 0.29) is 12.5 Å². The quantitative estimate of drug-likeness (QED) is 0.847. The summed E-state index contributed by atoms with van der Waals surface area (Å²) < 4.78 is 5.34. The van der Waals surface area contributed by atoms with Crippen molar-refractivity contribution in [3.8, 4) is 5.75 Å². The number of ether oxygens (including phenoxy) is 1. The third-order valence-corrected chi connectivity index (χ3v) is 3.97. The average Bonchev–Trinajstić information content (AvgIpc) is 2.46. The highest BCUT2D eigenvalue weighted by Crippen LogP contribution is 2.27. The summed E-state index contributed by atoms with van der Waals surface area (Å²) in [4.78, 5) is 11.7. The lowest BCUT2D eigenvalue weighted by Crippen LogP contribution is -2.26. The van der Waals surface area contributed by atoms with Crippen LogP contribution in [0, 0.1) is 5.92 Å². The Morgan fingerprint density at radius 1 is 1.38 bits per heavy atom. The smallest absolute Gasteiger partial charge is 0.277 e. The maximum absolute atomic E-state index is 11.7. The van der Waals surface area contributed by atoms with Crippen molar-refractivity contribution in [2.24, 2.45) is 11.0 Å². The lowest BCUT2D eigenvalue weighted by molar-refractivity contribution is -0.123. The molecule has 1 saturated carbocycles. The Kier molecular flexibility index (Phi) is 5.88. The molecule has 1 aromatic carbocycles. The number of rotatable bonds is 4. The van der Waals surface area contributed by atoms with Crippen molar-refractivity contribution in [2.45, 2.75) is 32.6 Å². The van der Waals surface area contributed by atoms with Crippen LogP contribution in [0.2, 0.25) is 10.0 Å². The summed E-state index contributed by atoms with van der Waals surface area (Å²) in [6, 6.07) is 4.86. The lowest BCUT2D eigenvalue weighted by Gasteiger charge is -2.18. The number of halogens is 2. The minimum Gasteiger partial charge on any atom is -0.482 e. The Hall–Kier alpha value is -1.26. The van der Waals surface area contributed by atoms with Crippen LogP contribution >= 0.6 is 23.2 Å². The molecule has 0 saturated heterocycles. The number of carbonyl (C=O) groups is 1. The molecule has 6 heteroatoms. The van der Waals surface area contributed by atoms with Gasteiger partial charge >= 0.3 is 0 Å². The third-order valence-electron chi connectivity index (χ3n) is 3.44. The number of hydrogen-bond donors (Lipinski definition) is 1. The molecule has 114 valence electrons. The molecule has 21 heavy (non-hydrogen) atoms. The van der Waals surface area contributed by atoms with Crippen LogP contribution in [-0.4, -0.2) is 18.2 Å². The first-order valence-corrected chi connectivity index (χ1v) is 7.72. The number of benzene rings is 1. The highest BCUT2D eigenvalue weighted by atomic mass is 35.5. The van der Waals surface area contributed by atoms with Gasteiger partial charge in [0.1, 0.15) is 5.75 Å². The van der Waals surface area contributed by atoms with E-state index in [1.165, 1.54) is 0 Å². The van der Waals surface area contributed by atoms with Crippen LogP contribution in [0.15, 0.2) is 23.3 Å². The fourth-order valence-electron chi connectivity index (χ4n) is 2.12. The zero-order valence-corrected chi connectivity index (χ0v) is 13.4. The third kappa shape index (κ3) is 5.21. The van der Waals surface area contributed by atoms with E-state index in [0.29, 0.717) is 15.8 Å². The monoisotopic (exact) mass is 328 g/mol. The van der Waals surface area contributed by atoms with E-state index in [4.69, 9.17) is 27.9 Å². The zero-order valence-electron chi connectivity index (χ0n) is 11.9. The Labute approximate surface area is 134 Å². The second-order valence-electron chi connectivity index (χ2n) is 5.26. The maximum atomic E-state index is 11.7. The molecule has 1 fully saturated rings. The first kappa shape index (κ1) is 16.1. The summed E-state index contributed by atoms with van der Waals surface area (Å²) >= 11 is 11.7. The topological polar surface area (TPSA) is 50.7 Å². The molecule has 1 aliphatic rings. The molecular formula is C15H18Cl2N2O2. The predicted octanol–water partition coefficient (Wildman–Crippen LogP) is 4.05. The standard InChI is InChI=1S/C15H18Cl2N2O2/c1-10-2-5-12(6-3-10)18-19-15(20)9-21-14-7-4-11(16)8-13(14)17/h4,7-8,10H,2-3,5-6,9H2,1H3,(H,19,20). The fourth-order valence-corrected chi connectivity index (χ4v) is 2.58. The molecule has 0 unspecified atom stereocenters. The van der Waals surface area contributed by atoms with Crippen LogP contribution in [0.25, 0.3) is 0 Å². The summed E-state index contributed by atoms with van der Waals surface area (Å²) in [7, 11) is 0. The Morgan fingerprint density at radius 2 is 2.10 bits per heavy atom. The van der Waals surface area contributed by atoms with E-state index in [2.05, 4.69) is 17.5 Å². The highest BCUT2D eigenvalue weighted by Gasteiger charge is 2.14. The molecule has 0 aromatic heterocycles. The van der Waals surface area contributed by atoms with Crippen molar-refractivity contribution in [3.05, 3.63) is 28.2 Å². The minimum absolute atomic E-state index is 0.130. The molecule has 1 aliphatic carbocycles. The van der Waals surface area contributed by atoms with E-state index in [1.54, 1.807) is 18.2 Å². The molecule has 0 heterocycles. The fraction of sp³-hybridized carbons (Fsp3) is 0.467. The number of hydrazone groups is 1. The van der Waals surface area contributed by atoms with Gasteiger partial charge in [0.15, 0.2) is 6.61 Å². The molecule has 0 spiro atoms. The number of carbonyl (C=O) groups excluding carboxylic acids is 1. The van der Waals surface area contributed by atoms with Crippen molar-refractivity contribution in [1.29, 1.82) is 0 Å². The normalized spacial score (nSPS) is 18.2. The van der Waals surface area contributed by atoms with Gasteiger partial charge in [0, 0.05) is 10.7 Å². The highest BCUT2D eigenvalue weighted by molar-refractivity contribution is 6.35. The summed E-state index contributed by atoms with van der Waals surface area (Å²) in [5, 5.41) is 5.05. The SMILES string of the molecule is CC1CCC(=NNC(=O)COc2ccc(Cl)cc2Cl)CC1. The molecule has 2 rings (SSSR count). The van der Waals surface area contributed by atoms with Crippen molar-refractivity contribution < 1.29 is 9.53 Å². The molecule has 0 atom stereocenters. The maximum Gasteiger partial charge on any atom is 0.277 e. The van der Waals surface area contributed by atoms with Crippen molar-refractivity contribution in [3.63, 3.8) is 0 Å². The van der Waals surface area contributed by atoms with Gasteiger partial charge in [-0.05, 0) is 49.8 Å². The number of hydrogen-bond acceptors (Lipinski definition) is 3. The van der Waals surface area contributed by atoms with E-state index in [0.717, 1.165) is 37.3 Å². The largest absolute Gasteiger partial charge is 0.482 e. The molecule has 0 radical (unpaired) electrons. The van der Waals surface area contributed by atoms with E-state index in [1.807, 2.05) is 0 Å². The zero-order chi connectivity index (χ0) is 15.2. The number of nitrogens with zero attached hydrogens (tertiary/aromatic N) is 1. The van der Waals surface area contributed by atoms with Crippen LogP contribution in [0.5, 0.6) is 5.75 Å². The Balaban J connectivity index is 1.78.